The number of nitrogens with zero attached hydrogens (tertiary/aromatic N) is 1. The van der Waals surface area contributed by atoms with E-state index in [2.05, 4.69) is 12.2 Å². The summed E-state index contributed by atoms with van der Waals surface area (Å²) in [5.74, 6) is -0.160. The predicted octanol–water partition coefficient (Wildman–Crippen LogP) is 3.35. The van der Waals surface area contributed by atoms with Crippen LogP contribution in [-0.2, 0) is 14.3 Å². The molecule has 156 valence electrons. The largest absolute Gasteiger partial charge is 0.454 e. The second kappa shape index (κ2) is 6.72. The Balaban J connectivity index is 1.16. The number of rotatable bonds is 5. The lowest BCUT2D eigenvalue weighted by Crippen LogP contribution is -2.40. The van der Waals surface area contributed by atoms with Gasteiger partial charge >= 0.3 is 5.97 Å². The van der Waals surface area contributed by atoms with Gasteiger partial charge in [-0.3, -0.25) is 19.3 Å². The van der Waals surface area contributed by atoms with E-state index in [1.54, 1.807) is 29.6 Å². The number of ketones is 1. The number of thiophene rings is 1. The van der Waals surface area contributed by atoms with Crippen molar-refractivity contribution in [3.63, 3.8) is 0 Å². The zero-order valence-corrected chi connectivity index (χ0v) is 17.3. The number of carbonyl (C=O) groups is 4. The third kappa shape index (κ3) is 2.76. The molecule has 7 rings (SSSR count). The van der Waals surface area contributed by atoms with Crippen LogP contribution < -0.4 is 4.90 Å². The highest BCUT2D eigenvalue weighted by Gasteiger charge is 2.67. The fraction of sp³-hybridized carbons (Fsp3) is 0.333. The molecule has 6 atom stereocenters. The number of carbonyl (C=O) groups excluding carboxylic acids is 4. The molecule has 6 nitrogen and oxygen atoms in total. The summed E-state index contributed by atoms with van der Waals surface area (Å²) in [7, 11) is 0. The minimum atomic E-state index is -0.619. The third-order valence-corrected chi connectivity index (χ3v) is 8.07. The molecule has 7 heteroatoms. The molecular formula is C24H19NO5S. The number of esters is 1. The number of ether oxygens (including phenoxy) is 1. The van der Waals surface area contributed by atoms with Crippen LogP contribution in [0.4, 0.5) is 5.69 Å². The smallest absolute Gasteiger partial charge is 0.338 e. The Morgan fingerprint density at radius 3 is 2.19 bits per heavy atom. The topological polar surface area (TPSA) is 80.8 Å². The van der Waals surface area contributed by atoms with Gasteiger partial charge in [0.1, 0.15) is 0 Å². The van der Waals surface area contributed by atoms with Crippen molar-refractivity contribution < 1.29 is 23.9 Å². The van der Waals surface area contributed by atoms with Gasteiger partial charge in [-0.1, -0.05) is 18.2 Å². The molecule has 2 aromatic rings. The maximum atomic E-state index is 13.2. The summed E-state index contributed by atoms with van der Waals surface area (Å²) < 4.78 is 5.11. The molecule has 2 amide bonds. The van der Waals surface area contributed by atoms with E-state index in [1.807, 2.05) is 0 Å². The van der Waals surface area contributed by atoms with Crippen LogP contribution in [0.3, 0.4) is 0 Å². The Hall–Kier alpha value is -3.06. The molecule has 0 radical (unpaired) electrons. The van der Waals surface area contributed by atoms with Gasteiger partial charge in [-0.2, -0.15) is 0 Å². The van der Waals surface area contributed by atoms with Crippen LogP contribution in [0.1, 0.15) is 26.5 Å². The summed E-state index contributed by atoms with van der Waals surface area (Å²) in [6.07, 6.45) is 5.41. The number of hydrogen-bond acceptors (Lipinski definition) is 6. The fourth-order valence-electron chi connectivity index (χ4n) is 5.68. The lowest BCUT2D eigenvalue weighted by Gasteiger charge is -2.37. The van der Waals surface area contributed by atoms with Crippen molar-refractivity contribution in [3.05, 3.63) is 64.4 Å². The number of imide groups is 1. The van der Waals surface area contributed by atoms with Gasteiger partial charge in [-0.15, -0.1) is 11.3 Å². The van der Waals surface area contributed by atoms with E-state index in [9.17, 15) is 19.2 Å². The number of benzene rings is 1. The Morgan fingerprint density at radius 2 is 1.61 bits per heavy atom. The zero-order chi connectivity index (χ0) is 21.3. The SMILES string of the molecule is O=C(OCC(=O)c1cccs1)c1ccc(N2C(=O)[C@H]3[C@@H]4C=C[C@H]([C@H]5C[C@H]45)[C@@H]3C2=O)cc1. The van der Waals surface area contributed by atoms with Gasteiger partial charge in [-0.05, 0) is 65.8 Å². The monoisotopic (exact) mass is 433 g/mol. The maximum absolute atomic E-state index is 13.2. The van der Waals surface area contributed by atoms with Gasteiger partial charge in [-0.25, -0.2) is 4.79 Å². The summed E-state index contributed by atoms with van der Waals surface area (Å²) in [5, 5.41) is 1.79. The Morgan fingerprint density at radius 1 is 0.968 bits per heavy atom. The molecule has 2 heterocycles. The van der Waals surface area contributed by atoms with Gasteiger partial charge in [0.15, 0.2) is 6.61 Å². The summed E-state index contributed by atoms with van der Waals surface area (Å²) in [6.45, 7) is -0.328. The average Bonchev–Trinajstić information content (AvgIpc) is 3.36. The van der Waals surface area contributed by atoms with Crippen LogP contribution in [0, 0.1) is 35.5 Å². The van der Waals surface area contributed by atoms with Gasteiger partial charge in [0.05, 0.1) is 28.0 Å². The maximum Gasteiger partial charge on any atom is 0.338 e. The van der Waals surface area contributed by atoms with E-state index >= 15 is 0 Å². The summed E-state index contributed by atoms with van der Waals surface area (Å²) >= 11 is 1.30. The minimum Gasteiger partial charge on any atom is -0.454 e. The zero-order valence-electron chi connectivity index (χ0n) is 16.5. The second-order valence-electron chi connectivity index (χ2n) is 8.69. The van der Waals surface area contributed by atoms with Crippen LogP contribution in [0.2, 0.25) is 0 Å². The molecule has 1 aliphatic heterocycles. The molecule has 31 heavy (non-hydrogen) atoms. The molecule has 1 aromatic heterocycles. The van der Waals surface area contributed by atoms with E-state index in [-0.39, 0.29) is 53.4 Å². The number of Topliss-reactive ketones (excluding diaryl/α,β-unsaturated/α-hetero) is 1. The second-order valence-corrected chi connectivity index (χ2v) is 9.64. The van der Waals surface area contributed by atoms with Crippen molar-refractivity contribution in [2.24, 2.45) is 35.5 Å². The number of anilines is 1. The summed E-state index contributed by atoms with van der Waals surface area (Å²) in [5.41, 5.74) is 0.742. The molecule has 0 spiro atoms. The number of hydrogen-bond donors (Lipinski definition) is 0. The van der Waals surface area contributed by atoms with Crippen LogP contribution in [0.5, 0.6) is 0 Å². The molecule has 0 unspecified atom stereocenters. The Kier molecular flexibility index (Phi) is 4.05. The molecule has 4 aliphatic carbocycles. The van der Waals surface area contributed by atoms with E-state index < -0.39 is 5.97 Å². The molecule has 0 N–H and O–H groups in total. The normalized spacial score (nSPS) is 32.1. The first-order valence-corrected chi connectivity index (χ1v) is 11.3. The lowest BCUT2D eigenvalue weighted by molar-refractivity contribution is -0.124. The van der Waals surface area contributed by atoms with E-state index in [1.165, 1.54) is 28.4 Å². The minimum absolute atomic E-state index is 0.128. The summed E-state index contributed by atoms with van der Waals surface area (Å²) in [6, 6.07) is 9.70. The molecular weight excluding hydrogens is 414 g/mol. The molecule has 2 saturated carbocycles. The lowest BCUT2D eigenvalue weighted by atomic mass is 9.63. The van der Waals surface area contributed by atoms with Gasteiger partial charge < -0.3 is 4.74 Å². The molecule has 5 aliphatic rings. The van der Waals surface area contributed by atoms with Crippen molar-refractivity contribution in [1.29, 1.82) is 0 Å². The predicted molar refractivity (Wildman–Crippen MR) is 113 cm³/mol. The van der Waals surface area contributed by atoms with Crippen LogP contribution >= 0.6 is 11.3 Å². The Labute approximate surface area is 182 Å². The van der Waals surface area contributed by atoms with Crippen molar-refractivity contribution >= 4 is 40.6 Å². The molecule has 1 saturated heterocycles. The van der Waals surface area contributed by atoms with Gasteiger partial charge in [0.25, 0.3) is 0 Å². The first-order valence-electron chi connectivity index (χ1n) is 10.4. The molecule has 2 bridgehead atoms. The van der Waals surface area contributed by atoms with Crippen LogP contribution in [0.15, 0.2) is 53.9 Å². The molecule has 1 aromatic carbocycles. The first-order chi connectivity index (χ1) is 15.0. The highest BCUT2D eigenvalue weighted by molar-refractivity contribution is 7.12. The van der Waals surface area contributed by atoms with Crippen LogP contribution in [-0.4, -0.2) is 30.2 Å². The van der Waals surface area contributed by atoms with E-state index in [0.29, 0.717) is 22.4 Å². The third-order valence-electron chi connectivity index (χ3n) is 7.15. The highest BCUT2D eigenvalue weighted by Crippen LogP contribution is 2.65. The number of allylic oxidation sites excluding steroid dienone is 2. The quantitative estimate of drug-likeness (QED) is 0.313. The summed E-state index contributed by atoms with van der Waals surface area (Å²) in [4.78, 5) is 52.4. The van der Waals surface area contributed by atoms with E-state index in [0.717, 1.165) is 6.42 Å². The van der Waals surface area contributed by atoms with Crippen molar-refractivity contribution in [1.82, 2.24) is 0 Å². The van der Waals surface area contributed by atoms with E-state index in [4.69, 9.17) is 4.74 Å². The van der Waals surface area contributed by atoms with Gasteiger partial charge in [0.2, 0.25) is 17.6 Å². The van der Waals surface area contributed by atoms with Crippen molar-refractivity contribution in [3.8, 4) is 0 Å². The van der Waals surface area contributed by atoms with Gasteiger partial charge in [0, 0.05) is 0 Å². The fourth-order valence-corrected chi connectivity index (χ4v) is 6.33. The number of amides is 2. The van der Waals surface area contributed by atoms with Crippen molar-refractivity contribution in [2.45, 2.75) is 6.42 Å². The van der Waals surface area contributed by atoms with Crippen molar-refractivity contribution in [2.75, 3.05) is 11.5 Å². The standard InChI is InChI=1S/C24H19NO5S/c26-18(19-2-1-9-31-19)11-30-24(29)12-3-5-13(6-4-12)25-22(27)20-14-7-8-15(17-10-16(14)17)21(20)23(25)28/h1-9,14-17,20-21H,10-11H2/t14-,15-,16-,17-,20+,21+/m1/s1. The first kappa shape index (κ1) is 18.7. The highest BCUT2D eigenvalue weighted by atomic mass is 32.1. The Bertz CT molecular complexity index is 1100. The van der Waals surface area contributed by atoms with Crippen LogP contribution in [0.25, 0.3) is 0 Å². The molecule has 3 fully saturated rings. The average molecular weight is 433 g/mol.